The Labute approximate surface area is 191 Å². The number of benzene rings is 3. The molecule has 4 rings (SSSR count). The molecule has 1 fully saturated rings. The van der Waals surface area contributed by atoms with E-state index in [2.05, 4.69) is 0 Å². The van der Waals surface area contributed by atoms with Gasteiger partial charge >= 0.3 is 0 Å². The monoisotopic (exact) mass is 473 g/mol. The molecular weight excluding hydrogens is 459 g/mol. The van der Waals surface area contributed by atoms with Gasteiger partial charge in [0.15, 0.2) is 0 Å². The number of hydrogen-bond donors (Lipinski definition) is 1. The quantitative estimate of drug-likeness (QED) is 0.313. The number of carbonyl (C=O) groups excluding carboxylic acids is 2. The molecule has 168 valence electrons. The van der Waals surface area contributed by atoms with Gasteiger partial charge in [-0.2, -0.15) is 0 Å². The SMILES string of the molecule is COc1cc(/C(O)=C2\C(=O)C(=O)N(c3ccc(F)cc3F)C2c2ccc(F)cc2)ccc1Cl. The molecule has 1 N–H and O–H groups in total. The van der Waals surface area contributed by atoms with Crippen molar-refractivity contribution in [1.29, 1.82) is 0 Å². The first kappa shape index (κ1) is 22.4. The number of hydrogen-bond acceptors (Lipinski definition) is 4. The predicted octanol–water partition coefficient (Wildman–Crippen LogP) is 5.39. The second-order valence-corrected chi connectivity index (χ2v) is 7.57. The third kappa shape index (κ3) is 3.93. The molecule has 1 amide bonds. The molecule has 1 atom stereocenters. The Hall–Kier alpha value is -3.78. The highest BCUT2D eigenvalue weighted by atomic mass is 35.5. The van der Waals surface area contributed by atoms with Gasteiger partial charge < -0.3 is 9.84 Å². The van der Waals surface area contributed by atoms with Gasteiger partial charge in [0.1, 0.15) is 29.0 Å². The Kier molecular flexibility index (Phi) is 5.86. The molecule has 9 heteroatoms. The Bertz CT molecular complexity index is 1310. The molecule has 3 aromatic carbocycles. The highest BCUT2D eigenvalue weighted by Crippen LogP contribution is 2.43. The minimum absolute atomic E-state index is 0.112. The minimum Gasteiger partial charge on any atom is -0.507 e. The summed E-state index contributed by atoms with van der Waals surface area (Å²) in [6.45, 7) is 0. The van der Waals surface area contributed by atoms with Crippen molar-refractivity contribution < 1.29 is 32.6 Å². The number of methoxy groups -OCH3 is 1. The van der Waals surface area contributed by atoms with E-state index in [9.17, 15) is 27.9 Å². The summed E-state index contributed by atoms with van der Waals surface area (Å²) in [5.41, 5.74) is -0.400. The van der Waals surface area contributed by atoms with Crippen LogP contribution in [0.4, 0.5) is 18.9 Å². The van der Waals surface area contributed by atoms with Crippen LogP contribution in [0.2, 0.25) is 5.02 Å². The lowest BCUT2D eigenvalue weighted by molar-refractivity contribution is -0.132. The second-order valence-electron chi connectivity index (χ2n) is 7.17. The van der Waals surface area contributed by atoms with Gasteiger partial charge in [0.2, 0.25) is 0 Å². The van der Waals surface area contributed by atoms with E-state index in [1.807, 2.05) is 0 Å². The van der Waals surface area contributed by atoms with Gasteiger partial charge in [-0.1, -0.05) is 23.7 Å². The summed E-state index contributed by atoms with van der Waals surface area (Å²) in [6.07, 6.45) is 0. The van der Waals surface area contributed by atoms with E-state index in [0.29, 0.717) is 6.07 Å². The summed E-state index contributed by atoms with van der Waals surface area (Å²) >= 11 is 6.03. The van der Waals surface area contributed by atoms with Crippen molar-refractivity contribution in [2.75, 3.05) is 12.0 Å². The van der Waals surface area contributed by atoms with Crippen LogP contribution in [0.3, 0.4) is 0 Å². The summed E-state index contributed by atoms with van der Waals surface area (Å²) < 4.78 is 46.8. The van der Waals surface area contributed by atoms with Crippen molar-refractivity contribution in [2.24, 2.45) is 0 Å². The molecule has 5 nitrogen and oxygen atoms in total. The van der Waals surface area contributed by atoms with Crippen LogP contribution >= 0.6 is 11.6 Å². The molecule has 1 aliphatic heterocycles. The van der Waals surface area contributed by atoms with E-state index in [4.69, 9.17) is 16.3 Å². The fourth-order valence-electron chi connectivity index (χ4n) is 3.68. The molecule has 0 spiro atoms. The number of halogens is 4. The molecule has 0 aliphatic carbocycles. The summed E-state index contributed by atoms with van der Waals surface area (Å²) in [7, 11) is 1.36. The maximum absolute atomic E-state index is 14.6. The standard InChI is InChI=1S/C24H15ClF3NO4/c1-33-19-10-13(4-8-16(19)25)22(30)20-21(12-2-5-14(26)6-3-12)29(24(32)23(20)31)18-9-7-15(27)11-17(18)28/h2-11,21,30H,1H3/b22-20+. The second kappa shape index (κ2) is 8.63. The average Bonchev–Trinajstić information content (AvgIpc) is 3.05. The Morgan fingerprint density at radius 1 is 0.970 bits per heavy atom. The lowest BCUT2D eigenvalue weighted by Crippen LogP contribution is -2.30. The first-order valence-corrected chi connectivity index (χ1v) is 9.96. The van der Waals surface area contributed by atoms with Crippen LogP contribution in [-0.2, 0) is 9.59 Å². The number of amides is 1. The van der Waals surface area contributed by atoms with Gasteiger partial charge in [-0.3, -0.25) is 14.5 Å². The maximum atomic E-state index is 14.6. The highest BCUT2D eigenvalue weighted by Gasteiger charge is 2.47. The summed E-state index contributed by atoms with van der Waals surface area (Å²) in [4.78, 5) is 26.8. The van der Waals surface area contributed by atoms with Crippen LogP contribution in [0.25, 0.3) is 5.76 Å². The van der Waals surface area contributed by atoms with Crippen LogP contribution < -0.4 is 9.64 Å². The van der Waals surface area contributed by atoms with E-state index in [1.54, 1.807) is 0 Å². The zero-order chi connectivity index (χ0) is 23.9. The molecule has 1 aliphatic rings. The normalized spacial score (nSPS) is 17.5. The molecule has 0 saturated carbocycles. The van der Waals surface area contributed by atoms with Crippen molar-refractivity contribution in [3.63, 3.8) is 0 Å². The van der Waals surface area contributed by atoms with Crippen LogP contribution in [0.1, 0.15) is 17.2 Å². The van der Waals surface area contributed by atoms with Gasteiger partial charge in [0.25, 0.3) is 11.7 Å². The number of ether oxygens (including phenoxy) is 1. The van der Waals surface area contributed by atoms with Crippen molar-refractivity contribution >= 4 is 34.7 Å². The molecule has 0 aromatic heterocycles. The van der Waals surface area contributed by atoms with Crippen LogP contribution in [0, 0.1) is 17.5 Å². The minimum atomic E-state index is -1.31. The lowest BCUT2D eigenvalue weighted by Gasteiger charge is -2.25. The highest BCUT2D eigenvalue weighted by molar-refractivity contribution is 6.51. The summed E-state index contributed by atoms with van der Waals surface area (Å²) in [6, 6.07) is 10.2. The smallest absolute Gasteiger partial charge is 0.300 e. The number of ketones is 1. The maximum Gasteiger partial charge on any atom is 0.300 e. The average molecular weight is 474 g/mol. The fraction of sp³-hybridized carbons (Fsp3) is 0.0833. The van der Waals surface area contributed by atoms with E-state index in [-0.39, 0.29) is 33.2 Å². The number of aliphatic hydroxyl groups is 1. The molecule has 1 unspecified atom stereocenters. The molecule has 1 heterocycles. The number of nitrogens with zero attached hydrogens (tertiary/aromatic N) is 1. The van der Waals surface area contributed by atoms with E-state index < -0.39 is 40.9 Å². The number of rotatable bonds is 4. The third-order valence-corrected chi connectivity index (χ3v) is 5.54. The van der Waals surface area contributed by atoms with Gasteiger partial charge in [0.05, 0.1) is 29.4 Å². The molecule has 33 heavy (non-hydrogen) atoms. The number of aliphatic hydroxyl groups excluding tert-OH is 1. The topological polar surface area (TPSA) is 66.8 Å². The van der Waals surface area contributed by atoms with E-state index >= 15 is 0 Å². The predicted molar refractivity (Wildman–Crippen MR) is 116 cm³/mol. The Morgan fingerprint density at radius 2 is 1.64 bits per heavy atom. The number of carbonyl (C=O) groups is 2. The van der Waals surface area contributed by atoms with Crippen LogP contribution in [0.5, 0.6) is 5.75 Å². The van der Waals surface area contributed by atoms with Crippen molar-refractivity contribution in [3.05, 3.63) is 99.8 Å². The van der Waals surface area contributed by atoms with Crippen molar-refractivity contribution in [1.82, 2.24) is 0 Å². The van der Waals surface area contributed by atoms with Gasteiger partial charge in [-0.25, -0.2) is 13.2 Å². The molecule has 0 radical (unpaired) electrons. The fourth-order valence-corrected chi connectivity index (χ4v) is 3.88. The van der Waals surface area contributed by atoms with Gasteiger partial charge in [0, 0.05) is 11.6 Å². The summed E-state index contributed by atoms with van der Waals surface area (Å²) in [5.74, 6) is -5.14. The Balaban J connectivity index is 1.97. The number of anilines is 1. The van der Waals surface area contributed by atoms with E-state index in [1.165, 1.54) is 37.4 Å². The summed E-state index contributed by atoms with van der Waals surface area (Å²) in [5, 5.41) is 11.3. The molecule has 0 bridgehead atoms. The van der Waals surface area contributed by atoms with E-state index in [0.717, 1.165) is 29.2 Å². The lowest BCUT2D eigenvalue weighted by atomic mass is 9.95. The first-order chi connectivity index (χ1) is 15.7. The largest absolute Gasteiger partial charge is 0.507 e. The molecular formula is C24H15ClF3NO4. The van der Waals surface area contributed by atoms with Crippen molar-refractivity contribution in [3.8, 4) is 5.75 Å². The zero-order valence-corrected chi connectivity index (χ0v) is 17.7. The number of Topliss-reactive ketones (excluding diaryl/α,β-unsaturated/α-hetero) is 1. The van der Waals surface area contributed by atoms with Gasteiger partial charge in [-0.05, 0) is 48.0 Å². The molecule has 1 saturated heterocycles. The first-order valence-electron chi connectivity index (χ1n) is 9.58. The van der Waals surface area contributed by atoms with Gasteiger partial charge in [-0.15, -0.1) is 0 Å². The Morgan fingerprint density at radius 3 is 2.27 bits per heavy atom. The van der Waals surface area contributed by atoms with Crippen LogP contribution in [-0.4, -0.2) is 23.9 Å². The van der Waals surface area contributed by atoms with Crippen LogP contribution in [0.15, 0.2) is 66.2 Å². The molecule has 3 aromatic rings. The van der Waals surface area contributed by atoms with Crippen molar-refractivity contribution in [2.45, 2.75) is 6.04 Å². The zero-order valence-electron chi connectivity index (χ0n) is 17.0. The third-order valence-electron chi connectivity index (χ3n) is 5.22.